The molecule has 0 aliphatic rings. The van der Waals surface area contributed by atoms with Crippen molar-refractivity contribution in [2.45, 2.75) is 6.54 Å². The number of aromatic nitrogens is 2. The Labute approximate surface area is 115 Å². The fourth-order valence-electron chi connectivity index (χ4n) is 2.07. The normalized spacial score (nSPS) is 11.1. The van der Waals surface area contributed by atoms with E-state index < -0.39 is 0 Å². The SMILES string of the molecule is NCc1ccc(-n2c(O)nc3ccc(Cl)cc32)cc1. The van der Waals surface area contributed by atoms with Gasteiger partial charge >= 0.3 is 0 Å². The van der Waals surface area contributed by atoms with Gasteiger partial charge < -0.3 is 10.8 Å². The summed E-state index contributed by atoms with van der Waals surface area (Å²) in [7, 11) is 0. The highest BCUT2D eigenvalue weighted by Crippen LogP contribution is 2.27. The Morgan fingerprint density at radius 2 is 1.89 bits per heavy atom. The lowest BCUT2D eigenvalue weighted by Crippen LogP contribution is -1.98. The van der Waals surface area contributed by atoms with Crippen LogP contribution in [-0.4, -0.2) is 14.7 Å². The highest BCUT2D eigenvalue weighted by atomic mass is 35.5. The maximum absolute atomic E-state index is 9.99. The van der Waals surface area contributed by atoms with Gasteiger partial charge in [-0.15, -0.1) is 0 Å². The highest BCUT2D eigenvalue weighted by molar-refractivity contribution is 6.31. The number of imidazole rings is 1. The molecule has 3 aromatic rings. The van der Waals surface area contributed by atoms with E-state index in [1.165, 1.54) is 0 Å². The van der Waals surface area contributed by atoms with Crippen molar-refractivity contribution in [1.29, 1.82) is 0 Å². The lowest BCUT2D eigenvalue weighted by atomic mass is 10.2. The molecule has 19 heavy (non-hydrogen) atoms. The first-order valence-corrected chi connectivity index (χ1v) is 6.23. The Morgan fingerprint density at radius 3 is 2.58 bits per heavy atom. The van der Waals surface area contributed by atoms with Gasteiger partial charge in [0.15, 0.2) is 0 Å². The molecule has 0 amide bonds. The van der Waals surface area contributed by atoms with Gasteiger partial charge in [-0.25, -0.2) is 0 Å². The Kier molecular flexibility index (Phi) is 2.89. The first-order valence-electron chi connectivity index (χ1n) is 5.85. The second kappa shape index (κ2) is 4.57. The van der Waals surface area contributed by atoms with Crippen LogP contribution >= 0.6 is 11.6 Å². The van der Waals surface area contributed by atoms with Gasteiger partial charge in [-0.2, -0.15) is 4.98 Å². The zero-order valence-electron chi connectivity index (χ0n) is 10.0. The number of halogens is 1. The van der Waals surface area contributed by atoms with E-state index in [4.69, 9.17) is 17.3 Å². The fourth-order valence-corrected chi connectivity index (χ4v) is 2.24. The zero-order chi connectivity index (χ0) is 13.4. The van der Waals surface area contributed by atoms with Gasteiger partial charge in [-0.3, -0.25) is 4.57 Å². The minimum Gasteiger partial charge on any atom is -0.480 e. The molecule has 0 bridgehead atoms. The van der Waals surface area contributed by atoms with Gasteiger partial charge in [0.1, 0.15) is 0 Å². The number of aromatic hydroxyl groups is 1. The van der Waals surface area contributed by atoms with Crippen LogP contribution in [0.3, 0.4) is 0 Å². The van der Waals surface area contributed by atoms with Crippen molar-refractivity contribution in [2.24, 2.45) is 5.73 Å². The number of nitrogens with zero attached hydrogens (tertiary/aromatic N) is 2. The summed E-state index contributed by atoms with van der Waals surface area (Å²) in [5, 5.41) is 10.6. The van der Waals surface area contributed by atoms with E-state index in [-0.39, 0.29) is 6.01 Å². The number of nitrogens with two attached hydrogens (primary N) is 1. The molecule has 2 aromatic carbocycles. The largest absolute Gasteiger partial charge is 0.480 e. The smallest absolute Gasteiger partial charge is 0.299 e. The summed E-state index contributed by atoms with van der Waals surface area (Å²) in [6.45, 7) is 0.489. The maximum atomic E-state index is 9.99. The Morgan fingerprint density at radius 1 is 1.16 bits per heavy atom. The minimum absolute atomic E-state index is 0.0576. The van der Waals surface area contributed by atoms with Crippen molar-refractivity contribution in [3.05, 3.63) is 53.1 Å². The number of fused-ring (bicyclic) bond motifs is 1. The van der Waals surface area contributed by atoms with Crippen molar-refractivity contribution in [3.8, 4) is 11.7 Å². The second-order valence-electron chi connectivity index (χ2n) is 4.25. The molecule has 1 aromatic heterocycles. The average molecular weight is 274 g/mol. The van der Waals surface area contributed by atoms with E-state index in [1.54, 1.807) is 22.8 Å². The van der Waals surface area contributed by atoms with Crippen molar-refractivity contribution in [2.75, 3.05) is 0 Å². The third-order valence-corrected chi connectivity index (χ3v) is 3.26. The molecule has 0 aliphatic carbocycles. The summed E-state index contributed by atoms with van der Waals surface area (Å²) in [4.78, 5) is 4.11. The molecule has 0 radical (unpaired) electrons. The molecule has 0 unspecified atom stereocenters. The molecule has 5 heteroatoms. The molecular formula is C14H12ClN3O. The monoisotopic (exact) mass is 273 g/mol. The van der Waals surface area contributed by atoms with Crippen LogP contribution in [0.2, 0.25) is 5.02 Å². The van der Waals surface area contributed by atoms with E-state index in [1.807, 2.05) is 24.3 Å². The number of benzene rings is 2. The van der Waals surface area contributed by atoms with Crippen LogP contribution in [0.1, 0.15) is 5.56 Å². The van der Waals surface area contributed by atoms with Gasteiger partial charge in [-0.1, -0.05) is 23.7 Å². The predicted molar refractivity (Wildman–Crippen MR) is 75.6 cm³/mol. The Balaban J connectivity index is 2.22. The van der Waals surface area contributed by atoms with Crippen molar-refractivity contribution >= 4 is 22.6 Å². The molecule has 0 fully saturated rings. The third kappa shape index (κ3) is 2.05. The summed E-state index contributed by atoms with van der Waals surface area (Å²) in [5.74, 6) is 0. The van der Waals surface area contributed by atoms with Crippen molar-refractivity contribution < 1.29 is 5.11 Å². The van der Waals surface area contributed by atoms with E-state index in [2.05, 4.69) is 4.98 Å². The Bertz CT molecular complexity index is 734. The second-order valence-corrected chi connectivity index (χ2v) is 4.69. The van der Waals surface area contributed by atoms with Crippen molar-refractivity contribution in [1.82, 2.24) is 9.55 Å². The van der Waals surface area contributed by atoms with Crippen molar-refractivity contribution in [3.63, 3.8) is 0 Å². The zero-order valence-corrected chi connectivity index (χ0v) is 10.8. The first-order chi connectivity index (χ1) is 9.19. The molecule has 0 saturated heterocycles. The van der Waals surface area contributed by atoms with Gasteiger partial charge in [-0.05, 0) is 35.9 Å². The summed E-state index contributed by atoms with van der Waals surface area (Å²) in [6, 6.07) is 12.9. The fraction of sp³-hybridized carbons (Fsp3) is 0.0714. The first kappa shape index (κ1) is 12.0. The van der Waals surface area contributed by atoms with Gasteiger partial charge in [0.25, 0.3) is 6.01 Å². The number of hydrogen-bond donors (Lipinski definition) is 2. The molecule has 3 N–H and O–H groups in total. The van der Waals surface area contributed by atoms with E-state index in [0.29, 0.717) is 17.1 Å². The van der Waals surface area contributed by atoms with Crippen LogP contribution in [0.25, 0.3) is 16.7 Å². The molecule has 96 valence electrons. The summed E-state index contributed by atoms with van der Waals surface area (Å²) in [5.41, 5.74) is 8.89. The topological polar surface area (TPSA) is 64.1 Å². The standard InChI is InChI=1S/C14H12ClN3O/c15-10-3-6-12-13(7-10)18(14(19)17-12)11-4-1-9(8-16)2-5-11/h1-7H,8,16H2,(H,17,19). The number of hydrogen-bond acceptors (Lipinski definition) is 3. The van der Waals surface area contributed by atoms with E-state index >= 15 is 0 Å². The van der Waals surface area contributed by atoms with Crippen LogP contribution in [0.4, 0.5) is 0 Å². The summed E-state index contributed by atoms with van der Waals surface area (Å²) >= 11 is 6.00. The molecule has 4 nitrogen and oxygen atoms in total. The lowest BCUT2D eigenvalue weighted by molar-refractivity contribution is 0.425. The molecule has 3 rings (SSSR count). The maximum Gasteiger partial charge on any atom is 0.299 e. The highest BCUT2D eigenvalue weighted by Gasteiger charge is 2.11. The molecule has 0 saturated carbocycles. The molecule has 0 atom stereocenters. The van der Waals surface area contributed by atoms with Crippen LogP contribution in [0, 0.1) is 0 Å². The lowest BCUT2D eigenvalue weighted by Gasteiger charge is -2.06. The molecule has 0 aliphatic heterocycles. The molecular weight excluding hydrogens is 262 g/mol. The quantitative estimate of drug-likeness (QED) is 0.755. The predicted octanol–water partition coefficient (Wildman–Crippen LogP) is 2.84. The summed E-state index contributed by atoms with van der Waals surface area (Å²) < 4.78 is 1.65. The van der Waals surface area contributed by atoms with Crippen LogP contribution in [0.15, 0.2) is 42.5 Å². The average Bonchev–Trinajstić information content (AvgIpc) is 2.74. The van der Waals surface area contributed by atoms with Crippen LogP contribution < -0.4 is 5.73 Å². The third-order valence-electron chi connectivity index (χ3n) is 3.03. The van der Waals surface area contributed by atoms with E-state index in [0.717, 1.165) is 16.8 Å². The van der Waals surface area contributed by atoms with Crippen LogP contribution in [-0.2, 0) is 6.54 Å². The Hall–Kier alpha value is -2.04. The van der Waals surface area contributed by atoms with Gasteiger partial charge in [0.2, 0.25) is 0 Å². The van der Waals surface area contributed by atoms with Crippen LogP contribution in [0.5, 0.6) is 6.01 Å². The van der Waals surface area contributed by atoms with Gasteiger partial charge in [0.05, 0.1) is 16.7 Å². The van der Waals surface area contributed by atoms with Gasteiger partial charge in [0, 0.05) is 11.6 Å². The number of rotatable bonds is 2. The van der Waals surface area contributed by atoms with E-state index in [9.17, 15) is 5.11 Å². The molecule has 0 spiro atoms. The molecule has 1 heterocycles. The minimum atomic E-state index is -0.0576. The summed E-state index contributed by atoms with van der Waals surface area (Å²) in [6.07, 6.45) is 0.